The average molecular weight is 256 g/mol. The molecule has 1 amide bonds. The molecule has 0 fully saturated rings. The smallest absolute Gasteiger partial charge is 0.248 e. The Morgan fingerprint density at radius 3 is 2.74 bits per heavy atom. The van der Waals surface area contributed by atoms with Gasteiger partial charge >= 0.3 is 0 Å². The highest BCUT2D eigenvalue weighted by atomic mass is 16.5. The van der Waals surface area contributed by atoms with Gasteiger partial charge in [-0.1, -0.05) is 12.1 Å². The molecule has 4 heteroatoms. The van der Waals surface area contributed by atoms with E-state index in [4.69, 9.17) is 10.5 Å². The van der Waals surface area contributed by atoms with Crippen molar-refractivity contribution in [1.29, 1.82) is 0 Å². The van der Waals surface area contributed by atoms with Crippen LogP contribution in [0.3, 0.4) is 0 Å². The van der Waals surface area contributed by atoms with Gasteiger partial charge in [-0.05, 0) is 38.1 Å². The number of hydrogen-bond acceptors (Lipinski definition) is 3. The SMILES string of the molecule is CC(C)Oc1cccc(-c2cc(C(N)=O)ccn2)c1. The maximum Gasteiger partial charge on any atom is 0.248 e. The van der Waals surface area contributed by atoms with Crippen LogP contribution in [-0.2, 0) is 0 Å². The summed E-state index contributed by atoms with van der Waals surface area (Å²) in [5, 5.41) is 0. The zero-order valence-electron chi connectivity index (χ0n) is 11.0. The minimum absolute atomic E-state index is 0.111. The number of amides is 1. The fourth-order valence-electron chi connectivity index (χ4n) is 1.74. The predicted octanol–water partition coefficient (Wildman–Crippen LogP) is 2.63. The molecule has 0 spiro atoms. The predicted molar refractivity (Wildman–Crippen MR) is 74.0 cm³/mol. The van der Waals surface area contributed by atoms with E-state index >= 15 is 0 Å². The molecule has 1 aromatic carbocycles. The van der Waals surface area contributed by atoms with Crippen LogP contribution in [0.25, 0.3) is 11.3 Å². The minimum atomic E-state index is -0.460. The van der Waals surface area contributed by atoms with Gasteiger partial charge in [-0.3, -0.25) is 9.78 Å². The lowest BCUT2D eigenvalue weighted by Crippen LogP contribution is -2.11. The van der Waals surface area contributed by atoms with Crippen LogP contribution in [0.15, 0.2) is 42.6 Å². The second-order valence-corrected chi connectivity index (χ2v) is 4.49. The van der Waals surface area contributed by atoms with Crippen molar-refractivity contribution < 1.29 is 9.53 Å². The third-order valence-electron chi connectivity index (χ3n) is 2.55. The van der Waals surface area contributed by atoms with E-state index in [1.54, 1.807) is 18.3 Å². The summed E-state index contributed by atoms with van der Waals surface area (Å²) in [5.41, 5.74) is 7.30. The van der Waals surface area contributed by atoms with Crippen LogP contribution in [0.5, 0.6) is 5.75 Å². The lowest BCUT2D eigenvalue weighted by Gasteiger charge is -2.10. The second-order valence-electron chi connectivity index (χ2n) is 4.49. The maximum atomic E-state index is 11.2. The molecule has 0 aliphatic heterocycles. The molecule has 0 radical (unpaired) electrons. The lowest BCUT2D eigenvalue weighted by atomic mass is 10.1. The van der Waals surface area contributed by atoms with Gasteiger partial charge in [-0.2, -0.15) is 0 Å². The monoisotopic (exact) mass is 256 g/mol. The number of primary amides is 1. The molecule has 0 atom stereocenters. The Bertz CT molecular complexity index is 594. The van der Waals surface area contributed by atoms with Crippen molar-refractivity contribution in [1.82, 2.24) is 4.98 Å². The molecule has 0 aliphatic rings. The van der Waals surface area contributed by atoms with Gasteiger partial charge in [0.2, 0.25) is 5.91 Å². The van der Waals surface area contributed by atoms with Gasteiger partial charge in [0.1, 0.15) is 5.75 Å². The number of carbonyl (C=O) groups excluding carboxylic acids is 1. The summed E-state index contributed by atoms with van der Waals surface area (Å²) >= 11 is 0. The molecular formula is C15H16N2O2. The van der Waals surface area contributed by atoms with E-state index in [1.165, 1.54) is 0 Å². The molecule has 0 unspecified atom stereocenters. The number of hydrogen-bond donors (Lipinski definition) is 1. The van der Waals surface area contributed by atoms with E-state index < -0.39 is 5.91 Å². The zero-order valence-corrected chi connectivity index (χ0v) is 11.0. The third kappa shape index (κ3) is 3.31. The van der Waals surface area contributed by atoms with Crippen LogP contribution in [0, 0.1) is 0 Å². The van der Waals surface area contributed by atoms with Crippen molar-refractivity contribution in [3.8, 4) is 17.0 Å². The van der Waals surface area contributed by atoms with Gasteiger partial charge in [-0.15, -0.1) is 0 Å². The second kappa shape index (κ2) is 5.52. The quantitative estimate of drug-likeness (QED) is 0.914. The van der Waals surface area contributed by atoms with Gasteiger partial charge in [-0.25, -0.2) is 0 Å². The van der Waals surface area contributed by atoms with Crippen molar-refractivity contribution in [2.45, 2.75) is 20.0 Å². The molecule has 0 bridgehead atoms. The van der Waals surface area contributed by atoms with E-state index in [0.29, 0.717) is 11.3 Å². The fraction of sp³-hybridized carbons (Fsp3) is 0.200. The Kier molecular flexibility index (Phi) is 3.80. The molecule has 0 aliphatic carbocycles. The number of benzene rings is 1. The van der Waals surface area contributed by atoms with E-state index in [-0.39, 0.29) is 6.10 Å². The number of aromatic nitrogens is 1. The molecule has 0 saturated heterocycles. The minimum Gasteiger partial charge on any atom is -0.491 e. The van der Waals surface area contributed by atoms with Crippen LogP contribution in [0.2, 0.25) is 0 Å². The third-order valence-corrected chi connectivity index (χ3v) is 2.55. The number of pyridine rings is 1. The van der Waals surface area contributed by atoms with E-state index in [9.17, 15) is 4.79 Å². The van der Waals surface area contributed by atoms with Gasteiger partial charge < -0.3 is 10.5 Å². The van der Waals surface area contributed by atoms with Crippen LogP contribution >= 0.6 is 0 Å². The fourth-order valence-corrected chi connectivity index (χ4v) is 1.74. The number of ether oxygens (including phenoxy) is 1. The van der Waals surface area contributed by atoms with Gasteiger partial charge in [0.15, 0.2) is 0 Å². The van der Waals surface area contributed by atoms with E-state index in [2.05, 4.69) is 4.98 Å². The molecule has 4 nitrogen and oxygen atoms in total. The van der Waals surface area contributed by atoms with Crippen LogP contribution in [0.1, 0.15) is 24.2 Å². The number of rotatable bonds is 4. The molecule has 19 heavy (non-hydrogen) atoms. The van der Waals surface area contributed by atoms with E-state index in [0.717, 1.165) is 11.3 Å². The highest BCUT2D eigenvalue weighted by Gasteiger charge is 2.06. The molecule has 98 valence electrons. The van der Waals surface area contributed by atoms with Gasteiger partial charge in [0.25, 0.3) is 0 Å². The summed E-state index contributed by atoms with van der Waals surface area (Å²) in [6.45, 7) is 3.94. The summed E-state index contributed by atoms with van der Waals surface area (Å²) in [6.07, 6.45) is 1.69. The molecule has 1 aromatic heterocycles. The summed E-state index contributed by atoms with van der Waals surface area (Å²) in [7, 11) is 0. The zero-order chi connectivity index (χ0) is 13.8. The van der Waals surface area contributed by atoms with Gasteiger partial charge in [0, 0.05) is 17.3 Å². The Labute approximate surface area is 112 Å². The number of nitrogens with zero attached hydrogens (tertiary/aromatic N) is 1. The largest absolute Gasteiger partial charge is 0.491 e. The number of carbonyl (C=O) groups is 1. The maximum absolute atomic E-state index is 11.2. The van der Waals surface area contributed by atoms with Crippen LogP contribution in [-0.4, -0.2) is 17.0 Å². The van der Waals surface area contributed by atoms with Crippen molar-refractivity contribution >= 4 is 5.91 Å². The molecule has 0 saturated carbocycles. The van der Waals surface area contributed by atoms with E-state index in [1.807, 2.05) is 38.1 Å². The Hall–Kier alpha value is -2.36. The Balaban J connectivity index is 2.36. The summed E-state index contributed by atoms with van der Waals surface area (Å²) in [4.78, 5) is 15.4. The van der Waals surface area contributed by atoms with Gasteiger partial charge in [0.05, 0.1) is 11.8 Å². The number of nitrogens with two attached hydrogens (primary N) is 1. The van der Waals surface area contributed by atoms with Crippen LogP contribution < -0.4 is 10.5 Å². The summed E-state index contributed by atoms with van der Waals surface area (Å²) in [5.74, 6) is 0.317. The topological polar surface area (TPSA) is 65.2 Å². The average Bonchev–Trinajstić information content (AvgIpc) is 2.38. The Morgan fingerprint density at radius 2 is 2.05 bits per heavy atom. The summed E-state index contributed by atoms with van der Waals surface area (Å²) in [6, 6.07) is 10.9. The highest BCUT2D eigenvalue weighted by molar-refractivity contribution is 5.93. The molecule has 2 aromatic rings. The first-order valence-electron chi connectivity index (χ1n) is 6.09. The van der Waals surface area contributed by atoms with Crippen LogP contribution in [0.4, 0.5) is 0 Å². The lowest BCUT2D eigenvalue weighted by molar-refractivity contribution is 0.1000. The normalized spacial score (nSPS) is 10.5. The standard InChI is InChI=1S/C15H16N2O2/c1-10(2)19-13-5-3-4-11(8-13)14-9-12(15(16)18)6-7-17-14/h3-10H,1-2H3,(H2,16,18). The molecule has 2 rings (SSSR count). The molecule has 1 heterocycles. The highest BCUT2D eigenvalue weighted by Crippen LogP contribution is 2.23. The Morgan fingerprint density at radius 1 is 1.26 bits per heavy atom. The van der Waals surface area contributed by atoms with Crippen molar-refractivity contribution in [3.05, 3.63) is 48.2 Å². The van der Waals surface area contributed by atoms with Crippen molar-refractivity contribution in [3.63, 3.8) is 0 Å². The van der Waals surface area contributed by atoms with Crippen molar-refractivity contribution in [2.24, 2.45) is 5.73 Å². The first-order chi connectivity index (χ1) is 9.06. The summed E-state index contributed by atoms with van der Waals surface area (Å²) < 4.78 is 5.63. The molecule has 2 N–H and O–H groups in total. The first-order valence-corrected chi connectivity index (χ1v) is 6.09. The van der Waals surface area contributed by atoms with Crippen molar-refractivity contribution in [2.75, 3.05) is 0 Å². The molecular weight excluding hydrogens is 240 g/mol. The first kappa shape index (κ1) is 13.1.